The van der Waals surface area contributed by atoms with Crippen molar-refractivity contribution in [2.24, 2.45) is 0 Å². The Morgan fingerprint density at radius 2 is 2.40 bits per heavy atom. The van der Waals surface area contributed by atoms with E-state index < -0.39 is 0 Å². The number of nitrogens with zero attached hydrogens (tertiary/aromatic N) is 1. The molecule has 0 aromatic heterocycles. The Morgan fingerprint density at radius 3 is 2.93 bits per heavy atom. The standard InChI is InChI=1S/C11H23N3O/c1-4-12-11(15)9(2)14(3)8-10-6-5-7-13-10/h9-10,13H,4-8H2,1-3H3,(H,12,15). The molecule has 0 aromatic carbocycles. The van der Waals surface area contributed by atoms with Crippen LogP contribution in [0.15, 0.2) is 0 Å². The summed E-state index contributed by atoms with van der Waals surface area (Å²) in [5.41, 5.74) is 0. The molecule has 0 spiro atoms. The lowest BCUT2D eigenvalue weighted by Gasteiger charge is -2.26. The summed E-state index contributed by atoms with van der Waals surface area (Å²) in [7, 11) is 2.01. The number of hydrogen-bond donors (Lipinski definition) is 2. The van der Waals surface area contributed by atoms with Crippen LogP contribution in [0, 0.1) is 0 Å². The molecule has 4 nitrogen and oxygen atoms in total. The lowest BCUT2D eigenvalue weighted by molar-refractivity contribution is -0.125. The van der Waals surface area contributed by atoms with Crippen LogP contribution in [0.2, 0.25) is 0 Å². The van der Waals surface area contributed by atoms with Gasteiger partial charge in [0.1, 0.15) is 0 Å². The second-order valence-corrected chi connectivity index (χ2v) is 4.30. The van der Waals surface area contributed by atoms with Crippen LogP contribution in [0.1, 0.15) is 26.7 Å². The van der Waals surface area contributed by atoms with Crippen molar-refractivity contribution in [1.29, 1.82) is 0 Å². The van der Waals surface area contributed by atoms with Crippen LogP contribution in [0.3, 0.4) is 0 Å². The Kier molecular flexibility index (Phi) is 5.05. The summed E-state index contributed by atoms with van der Waals surface area (Å²) in [6.07, 6.45) is 2.49. The zero-order valence-corrected chi connectivity index (χ0v) is 10.0. The lowest BCUT2D eigenvalue weighted by Crippen LogP contribution is -2.47. The number of carbonyl (C=O) groups is 1. The maximum Gasteiger partial charge on any atom is 0.237 e. The van der Waals surface area contributed by atoms with Gasteiger partial charge in [0, 0.05) is 19.1 Å². The highest BCUT2D eigenvalue weighted by molar-refractivity contribution is 5.81. The largest absolute Gasteiger partial charge is 0.355 e. The molecular weight excluding hydrogens is 190 g/mol. The van der Waals surface area contributed by atoms with Gasteiger partial charge >= 0.3 is 0 Å². The summed E-state index contributed by atoms with van der Waals surface area (Å²) in [5, 5.41) is 6.29. The fraction of sp³-hybridized carbons (Fsp3) is 0.909. The van der Waals surface area contributed by atoms with E-state index in [-0.39, 0.29) is 11.9 Å². The highest BCUT2D eigenvalue weighted by Crippen LogP contribution is 2.07. The van der Waals surface area contributed by atoms with Crippen molar-refractivity contribution in [3.05, 3.63) is 0 Å². The van der Waals surface area contributed by atoms with Crippen molar-refractivity contribution in [2.45, 2.75) is 38.8 Å². The first-order valence-corrected chi connectivity index (χ1v) is 5.86. The van der Waals surface area contributed by atoms with E-state index in [1.807, 2.05) is 20.9 Å². The van der Waals surface area contributed by atoms with Crippen LogP contribution in [0.4, 0.5) is 0 Å². The minimum absolute atomic E-state index is 0.0349. The van der Waals surface area contributed by atoms with E-state index >= 15 is 0 Å². The molecule has 15 heavy (non-hydrogen) atoms. The molecule has 0 bridgehead atoms. The van der Waals surface area contributed by atoms with Crippen LogP contribution in [-0.2, 0) is 4.79 Å². The van der Waals surface area contributed by atoms with E-state index in [1.54, 1.807) is 0 Å². The van der Waals surface area contributed by atoms with Crippen LogP contribution >= 0.6 is 0 Å². The highest BCUT2D eigenvalue weighted by atomic mass is 16.2. The van der Waals surface area contributed by atoms with Crippen molar-refractivity contribution < 1.29 is 4.79 Å². The summed E-state index contributed by atoms with van der Waals surface area (Å²) in [5.74, 6) is 0.123. The molecule has 2 unspecified atom stereocenters. The van der Waals surface area contributed by atoms with Crippen molar-refractivity contribution in [3.8, 4) is 0 Å². The fourth-order valence-electron chi connectivity index (χ4n) is 1.94. The third-order valence-electron chi connectivity index (χ3n) is 3.06. The van der Waals surface area contributed by atoms with Gasteiger partial charge in [0.25, 0.3) is 0 Å². The van der Waals surface area contributed by atoms with Gasteiger partial charge < -0.3 is 10.6 Å². The summed E-state index contributed by atoms with van der Waals surface area (Å²) in [4.78, 5) is 13.7. The minimum atomic E-state index is -0.0349. The van der Waals surface area contributed by atoms with Gasteiger partial charge in [0.2, 0.25) is 5.91 Å². The van der Waals surface area contributed by atoms with Crippen molar-refractivity contribution in [2.75, 3.05) is 26.7 Å². The smallest absolute Gasteiger partial charge is 0.237 e. The molecule has 1 saturated heterocycles. The van der Waals surface area contributed by atoms with Gasteiger partial charge in [0.15, 0.2) is 0 Å². The molecule has 1 fully saturated rings. The topological polar surface area (TPSA) is 44.4 Å². The zero-order valence-electron chi connectivity index (χ0n) is 10.0. The highest BCUT2D eigenvalue weighted by Gasteiger charge is 2.22. The molecular formula is C11H23N3O. The quantitative estimate of drug-likeness (QED) is 0.685. The van der Waals surface area contributed by atoms with Crippen molar-refractivity contribution >= 4 is 5.91 Å². The Balaban J connectivity index is 2.31. The molecule has 0 aliphatic carbocycles. The molecule has 1 amide bonds. The van der Waals surface area contributed by atoms with E-state index in [0.717, 1.165) is 13.1 Å². The summed E-state index contributed by atoms with van der Waals surface area (Å²) >= 11 is 0. The van der Waals surface area contributed by atoms with E-state index in [2.05, 4.69) is 15.5 Å². The molecule has 2 N–H and O–H groups in total. The maximum absolute atomic E-state index is 11.6. The van der Waals surface area contributed by atoms with E-state index in [9.17, 15) is 4.79 Å². The number of carbonyl (C=O) groups excluding carboxylic acids is 1. The van der Waals surface area contributed by atoms with Gasteiger partial charge in [-0.2, -0.15) is 0 Å². The summed E-state index contributed by atoms with van der Waals surface area (Å²) < 4.78 is 0. The van der Waals surface area contributed by atoms with Crippen molar-refractivity contribution in [3.63, 3.8) is 0 Å². The van der Waals surface area contributed by atoms with E-state index in [0.29, 0.717) is 12.6 Å². The Bertz CT molecular complexity index is 202. The Labute approximate surface area is 92.4 Å². The monoisotopic (exact) mass is 213 g/mol. The molecule has 0 radical (unpaired) electrons. The molecule has 4 heteroatoms. The van der Waals surface area contributed by atoms with E-state index in [1.165, 1.54) is 12.8 Å². The third kappa shape index (κ3) is 3.80. The Morgan fingerprint density at radius 1 is 1.67 bits per heavy atom. The SMILES string of the molecule is CCNC(=O)C(C)N(C)CC1CCCN1. The molecule has 0 aromatic rings. The Hall–Kier alpha value is -0.610. The summed E-state index contributed by atoms with van der Waals surface area (Å²) in [6.45, 7) is 6.69. The molecule has 1 rings (SSSR count). The number of likely N-dealkylation sites (N-methyl/N-ethyl adjacent to an activating group) is 2. The number of rotatable bonds is 5. The van der Waals surface area contributed by atoms with Crippen LogP contribution in [0.25, 0.3) is 0 Å². The molecule has 1 aliphatic rings. The number of amides is 1. The van der Waals surface area contributed by atoms with Gasteiger partial charge in [0.05, 0.1) is 6.04 Å². The average molecular weight is 213 g/mol. The predicted molar refractivity (Wildman–Crippen MR) is 61.8 cm³/mol. The first kappa shape index (κ1) is 12.5. The zero-order chi connectivity index (χ0) is 11.3. The second-order valence-electron chi connectivity index (χ2n) is 4.30. The third-order valence-corrected chi connectivity index (χ3v) is 3.06. The van der Waals surface area contributed by atoms with Gasteiger partial charge in [-0.1, -0.05) is 0 Å². The fourth-order valence-corrected chi connectivity index (χ4v) is 1.94. The predicted octanol–water partition coefficient (Wildman–Crippen LogP) is 0.195. The number of nitrogens with one attached hydrogen (secondary N) is 2. The van der Waals surface area contributed by atoms with Crippen LogP contribution < -0.4 is 10.6 Å². The average Bonchev–Trinajstić information content (AvgIpc) is 2.69. The van der Waals surface area contributed by atoms with Crippen LogP contribution in [0.5, 0.6) is 0 Å². The molecule has 2 atom stereocenters. The number of hydrogen-bond acceptors (Lipinski definition) is 3. The molecule has 0 saturated carbocycles. The molecule has 1 aliphatic heterocycles. The lowest BCUT2D eigenvalue weighted by atomic mass is 10.2. The molecule has 1 heterocycles. The summed E-state index contributed by atoms with van der Waals surface area (Å²) in [6, 6.07) is 0.527. The minimum Gasteiger partial charge on any atom is -0.355 e. The van der Waals surface area contributed by atoms with Crippen LogP contribution in [-0.4, -0.2) is 49.6 Å². The normalized spacial score (nSPS) is 23.1. The van der Waals surface area contributed by atoms with Gasteiger partial charge in [-0.3, -0.25) is 9.69 Å². The van der Waals surface area contributed by atoms with Gasteiger partial charge in [-0.05, 0) is 40.3 Å². The maximum atomic E-state index is 11.6. The first-order valence-electron chi connectivity index (χ1n) is 5.86. The van der Waals surface area contributed by atoms with Crippen molar-refractivity contribution in [1.82, 2.24) is 15.5 Å². The van der Waals surface area contributed by atoms with Gasteiger partial charge in [-0.25, -0.2) is 0 Å². The van der Waals surface area contributed by atoms with Gasteiger partial charge in [-0.15, -0.1) is 0 Å². The second kappa shape index (κ2) is 6.08. The van der Waals surface area contributed by atoms with E-state index in [4.69, 9.17) is 0 Å². The first-order chi connectivity index (χ1) is 7.15. The molecule has 88 valence electrons.